The van der Waals surface area contributed by atoms with E-state index in [-0.39, 0.29) is 5.69 Å². The van der Waals surface area contributed by atoms with Crippen molar-refractivity contribution in [2.45, 2.75) is 20.4 Å². The van der Waals surface area contributed by atoms with Crippen molar-refractivity contribution in [2.75, 3.05) is 0 Å². The molecule has 0 atom stereocenters. The van der Waals surface area contributed by atoms with Crippen molar-refractivity contribution < 1.29 is 4.79 Å². The van der Waals surface area contributed by atoms with Crippen molar-refractivity contribution in [1.82, 2.24) is 15.0 Å². The van der Waals surface area contributed by atoms with E-state index in [4.69, 9.17) is 5.73 Å². The maximum absolute atomic E-state index is 11.1. The number of aryl methyl sites for hydroxylation is 1. The predicted octanol–water partition coefficient (Wildman–Crippen LogP) is 1.04. The summed E-state index contributed by atoms with van der Waals surface area (Å²) in [6, 6.07) is 8.03. The molecule has 0 radical (unpaired) electrons. The monoisotopic (exact) mass is 230 g/mol. The molecule has 0 aliphatic carbocycles. The van der Waals surface area contributed by atoms with E-state index >= 15 is 0 Å². The fourth-order valence-corrected chi connectivity index (χ4v) is 1.69. The first kappa shape index (κ1) is 11.3. The van der Waals surface area contributed by atoms with E-state index in [1.54, 1.807) is 11.6 Å². The molecule has 1 aromatic heterocycles. The van der Waals surface area contributed by atoms with Crippen LogP contribution in [-0.2, 0) is 6.54 Å². The molecule has 17 heavy (non-hydrogen) atoms. The number of nitrogens with zero attached hydrogens (tertiary/aromatic N) is 3. The number of carbonyl (C=O) groups excluding carboxylic acids is 1. The third-order valence-electron chi connectivity index (χ3n) is 2.80. The van der Waals surface area contributed by atoms with Gasteiger partial charge in [0.05, 0.1) is 12.2 Å². The molecule has 5 nitrogen and oxygen atoms in total. The van der Waals surface area contributed by atoms with Crippen molar-refractivity contribution in [3.63, 3.8) is 0 Å². The number of rotatable bonds is 3. The van der Waals surface area contributed by atoms with Gasteiger partial charge in [-0.25, -0.2) is 4.68 Å². The Labute approximate surface area is 99.2 Å². The standard InChI is InChI=1S/C12H14N4O/c1-8-5-3-4-6-10(8)7-16-9(2)11(12(13)17)14-15-16/h3-6H,7H2,1-2H3,(H2,13,17). The minimum absolute atomic E-state index is 0.235. The first-order valence-electron chi connectivity index (χ1n) is 5.34. The van der Waals surface area contributed by atoms with Gasteiger partial charge in [-0.3, -0.25) is 4.79 Å². The van der Waals surface area contributed by atoms with Crippen LogP contribution in [0.25, 0.3) is 0 Å². The number of nitrogens with two attached hydrogens (primary N) is 1. The molecule has 2 N–H and O–H groups in total. The first-order chi connectivity index (χ1) is 8.09. The Morgan fingerprint density at radius 3 is 2.65 bits per heavy atom. The van der Waals surface area contributed by atoms with Gasteiger partial charge < -0.3 is 5.73 Å². The molecule has 5 heteroatoms. The van der Waals surface area contributed by atoms with E-state index < -0.39 is 5.91 Å². The quantitative estimate of drug-likeness (QED) is 0.856. The molecule has 0 aliphatic heterocycles. The molecule has 0 unspecified atom stereocenters. The van der Waals surface area contributed by atoms with Gasteiger partial charge >= 0.3 is 0 Å². The molecule has 88 valence electrons. The Morgan fingerprint density at radius 2 is 2.06 bits per heavy atom. The van der Waals surface area contributed by atoms with Gasteiger partial charge in [0.15, 0.2) is 5.69 Å². The molecule has 1 amide bonds. The number of benzene rings is 1. The molecule has 0 saturated carbocycles. The Hall–Kier alpha value is -2.17. The van der Waals surface area contributed by atoms with Gasteiger partial charge in [-0.2, -0.15) is 0 Å². The van der Waals surface area contributed by atoms with E-state index in [1.165, 1.54) is 5.56 Å². The van der Waals surface area contributed by atoms with Gasteiger partial charge in [-0.15, -0.1) is 5.10 Å². The Balaban J connectivity index is 2.31. The topological polar surface area (TPSA) is 73.8 Å². The van der Waals surface area contributed by atoms with Crippen LogP contribution in [0.15, 0.2) is 24.3 Å². The average molecular weight is 230 g/mol. The largest absolute Gasteiger partial charge is 0.364 e. The molecular formula is C12H14N4O. The zero-order valence-corrected chi connectivity index (χ0v) is 9.84. The lowest BCUT2D eigenvalue weighted by molar-refractivity contribution is 0.0995. The second-order valence-electron chi connectivity index (χ2n) is 3.97. The molecule has 0 aliphatic rings. The normalized spacial score (nSPS) is 10.5. The average Bonchev–Trinajstić information content (AvgIpc) is 2.64. The summed E-state index contributed by atoms with van der Waals surface area (Å²) in [7, 11) is 0. The lowest BCUT2D eigenvalue weighted by Crippen LogP contribution is -2.13. The van der Waals surface area contributed by atoms with Crippen molar-refractivity contribution in [3.05, 3.63) is 46.8 Å². The number of primary amides is 1. The summed E-state index contributed by atoms with van der Waals surface area (Å²) < 4.78 is 1.68. The van der Waals surface area contributed by atoms with E-state index in [0.717, 1.165) is 5.56 Å². The Kier molecular flexibility index (Phi) is 2.91. The summed E-state index contributed by atoms with van der Waals surface area (Å²) in [6.07, 6.45) is 0. The summed E-state index contributed by atoms with van der Waals surface area (Å²) in [5.41, 5.74) is 8.46. The second-order valence-corrected chi connectivity index (χ2v) is 3.97. The smallest absolute Gasteiger partial charge is 0.271 e. The molecule has 0 spiro atoms. The van der Waals surface area contributed by atoms with Crippen LogP contribution in [0, 0.1) is 13.8 Å². The van der Waals surface area contributed by atoms with Crippen LogP contribution >= 0.6 is 0 Å². The van der Waals surface area contributed by atoms with Gasteiger partial charge in [0.2, 0.25) is 0 Å². The molecule has 0 saturated heterocycles. The lowest BCUT2D eigenvalue weighted by atomic mass is 10.1. The maximum atomic E-state index is 11.1. The minimum Gasteiger partial charge on any atom is -0.364 e. The van der Waals surface area contributed by atoms with Crippen molar-refractivity contribution in [1.29, 1.82) is 0 Å². The summed E-state index contributed by atoms with van der Waals surface area (Å²) in [4.78, 5) is 11.1. The van der Waals surface area contributed by atoms with Crippen molar-refractivity contribution in [2.24, 2.45) is 5.73 Å². The summed E-state index contributed by atoms with van der Waals surface area (Å²) >= 11 is 0. The Bertz CT molecular complexity index is 559. The fourth-order valence-electron chi connectivity index (χ4n) is 1.69. The minimum atomic E-state index is -0.543. The zero-order chi connectivity index (χ0) is 12.4. The van der Waals surface area contributed by atoms with Crippen LogP contribution in [0.4, 0.5) is 0 Å². The number of aromatic nitrogens is 3. The van der Waals surface area contributed by atoms with Crippen LogP contribution < -0.4 is 5.73 Å². The number of hydrogen-bond donors (Lipinski definition) is 1. The van der Waals surface area contributed by atoms with Crippen molar-refractivity contribution >= 4 is 5.91 Å². The van der Waals surface area contributed by atoms with Crippen LogP contribution in [0.3, 0.4) is 0 Å². The summed E-state index contributed by atoms with van der Waals surface area (Å²) in [5, 5.41) is 7.72. The van der Waals surface area contributed by atoms with E-state index in [0.29, 0.717) is 12.2 Å². The zero-order valence-electron chi connectivity index (χ0n) is 9.84. The highest BCUT2D eigenvalue weighted by Gasteiger charge is 2.13. The van der Waals surface area contributed by atoms with Gasteiger partial charge in [0.25, 0.3) is 5.91 Å². The highest BCUT2D eigenvalue weighted by atomic mass is 16.1. The van der Waals surface area contributed by atoms with E-state index in [9.17, 15) is 4.79 Å². The van der Waals surface area contributed by atoms with Crippen LogP contribution in [0.1, 0.15) is 27.3 Å². The second kappa shape index (κ2) is 4.37. The summed E-state index contributed by atoms with van der Waals surface area (Å²) in [5.74, 6) is -0.543. The number of hydrogen-bond acceptors (Lipinski definition) is 3. The van der Waals surface area contributed by atoms with Crippen molar-refractivity contribution in [3.8, 4) is 0 Å². The highest BCUT2D eigenvalue weighted by Crippen LogP contribution is 2.11. The van der Waals surface area contributed by atoms with E-state index in [1.807, 2.05) is 31.2 Å². The molecule has 1 aromatic carbocycles. The predicted molar refractivity (Wildman–Crippen MR) is 63.6 cm³/mol. The third-order valence-corrected chi connectivity index (χ3v) is 2.80. The van der Waals surface area contributed by atoms with Crippen LogP contribution in [-0.4, -0.2) is 20.9 Å². The SMILES string of the molecule is Cc1ccccc1Cn1nnc(C(N)=O)c1C. The maximum Gasteiger partial charge on any atom is 0.271 e. The highest BCUT2D eigenvalue weighted by molar-refractivity contribution is 5.91. The van der Waals surface area contributed by atoms with Crippen LogP contribution in [0.2, 0.25) is 0 Å². The van der Waals surface area contributed by atoms with E-state index in [2.05, 4.69) is 10.3 Å². The molecule has 1 heterocycles. The summed E-state index contributed by atoms with van der Waals surface area (Å²) in [6.45, 7) is 4.42. The van der Waals surface area contributed by atoms with Gasteiger partial charge in [0.1, 0.15) is 0 Å². The fraction of sp³-hybridized carbons (Fsp3) is 0.250. The lowest BCUT2D eigenvalue weighted by Gasteiger charge is -2.06. The van der Waals surface area contributed by atoms with Gasteiger partial charge in [-0.05, 0) is 25.0 Å². The number of amides is 1. The van der Waals surface area contributed by atoms with Crippen LogP contribution in [0.5, 0.6) is 0 Å². The third kappa shape index (κ3) is 2.18. The number of carbonyl (C=O) groups is 1. The molecular weight excluding hydrogens is 216 g/mol. The molecule has 0 fully saturated rings. The van der Waals surface area contributed by atoms with Gasteiger partial charge in [-0.1, -0.05) is 29.5 Å². The Morgan fingerprint density at radius 1 is 1.35 bits per heavy atom. The first-order valence-corrected chi connectivity index (χ1v) is 5.34. The molecule has 0 bridgehead atoms. The molecule has 2 rings (SSSR count). The van der Waals surface area contributed by atoms with Gasteiger partial charge in [0, 0.05) is 0 Å². The molecule has 2 aromatic rings.